The van der Waals surface area contributed by atoms with Crippen molar-refractivity contribution in [3.8, 4) is 5.69 Å². The van der Waals surface area contributed by atoms with Crippen LogP contribution in [-0.2, 0) is 32.3 Å². The van der Waals surface area contributed by atoms with Crippen molar-refractivity contribution < 1.29 is 17.5 Å². The van der Waals surface area contributed by atoms with E-state index in [1.807, 2.05) is 49.8 Å². The van der Waals surface area contributed by atoms with Gasteiger partial charge in [0.1, 0.15) is 10.7 Å². The van der Waals surface area contributed by atoms with Crippen molar-refractivity contribution in [3.05, 3.63) is 108 Å². The van der Waals surface area contributed by atoms with Crippen molar-refractivity contribution in [1.82, 2.24) is 23.9 Å². The average molecular weight is 630 g/mol. The van der Waals surface area contributed by atoms with E-state index in [0.717, 1.165) is 33.3 Å². The van der Waals surface area contributed by atoms with Crippen molar-refractivity contribution in [2.45, 2.75) is 63.0 Å². The smallest absolute Gasteiger partial charge is 0.246 e. The maximum atomic E-state index is 14.0. The van der Waals surface area contributed by atoms with Gasteiger partial charge in [0.25, 0.3) is 0 Å². The summed E-state index contributed by atoms with van der Waals surface area (Å²) in [6.07, 6.45) is 6.22. The number of hydrogen-bond acceptors (Lipinski definition) is 5. The summed E-state index contributed by atoms with van der Waals surface area (Å²) < 4.78 is 53.0. The first-order valence-corrected chi connectivity index (χ1v) is 17.0. The molecule has 0 N–H and O–H groups in total. The van der Waals surface area contributed by atoms with Crippen LogP contribution in [0.15, 0.2) is 90.2 Å². The predicted molar refractivity (Wildman–Crippen MR) is 173 cm³/mol. The van der Waals surface area contributed by atoms with Gasteiger partial charge in [-0.2, -0.15) is 14.5 Å². The minimum Gasteiger partial charge on any atom is -0.373 e. The Bertz CT molecular complexity index is 1920. The Morgan fingerprint density at radius 1 is 1.02 bits per heavy atom. The summed E-state index contributed by atoms with van der Waals surface area (Å²) in [5, 5.41) is 9.82. The number of benzene rings is 3. The van der Waals surface area contributed by atoms with E-state index >= 15 is 0 Å². The van der Waals surface area contributed by atoms with Crippen molar-refractivity contribution in [3.63, 3.8) is 0 Å². The fourth-order valence-corrected chi connectivity index (χ4v) is 9.00. The molecule has 7 rings (SSSR count). The number of methoxy groups -OCH3 is 1. The standard InChI is InChI=1S/C33H34FN5O3S.C2H6/c1-4-37-20-29(18-35-37)43(40,41)38-19-26-16-33(42-3,25-8-6-5-7-9-25)21-32(26,22-38)30-15-24-17-36-39(31(24)14-23(30)2)28-12-10-27(34)11-13-28;1-2/h5-15,17-18,20,26H,4,16,19,21-22H2,1-3H3;1-2H3/t26-,32-,33-;/m0./s1. The van der Waals surface area contributed by atoms with Crippen molar-refractivity contribution in [2.24, 2.45) is 5.92 Å². The van der Waals surface area contributed by atoms with Crippen molar-refractivity contribution in [1.29, 1.82) is 0 Å². The quantitative estimate of drug-likeness (QED) is 0.202. The van der Waals surface area contributed by atoms with E-state index in [2.05, 4.69) is 41.4 Å². The molecule has 1 saturated carbocycles. The topological polar surface area (TPSA) is 82.3 Å². The molecule has 0 spiro atoms. The molecule has 236 valence electrons. The van der Waals surface area contributed by atoms with Gasteiger partial charge < -0.3 is 4.74 Å². The first kappa shape index (κ1) is 31.1. The third-order valence-electron chi connectivity index (χ3n) is 9.62. The van der Waals surface area contributed by atoms with Gasteiger partial charge in [0.15, 0.2) is 0 Å². The second kappa shape index (κ2) is 11.8. The van der Waals surface area contributed by atoms with Crippen LogP contribution in [0.3, 0.4) is 0 Å². The zero-order chi connectivity index (χ0) is 32.0. The number of aryl methyl sites for hydroxylation is 2. The summed E-state index contributed by atoms with van der Waals surface area (Å²) in [5.41, 5.74) is 3.92. The van der Waals surface area contributed by atoms with E-state index in [9.17, 15) is 12.8 Å². The summed E-state index contributed by atoms with van der Waals surface area (Å²) >= 11 is 0. The van der Waals surface area contributed by atoms with Crippen LogP contribution in [0.2, 0.25) is 0 Å². The Morgan fingerprint density at radius 3 is 2.42 bits per heavy atom. The maximum Gasteiger partial charge on any atom is 0.246 e. The molecule has 3 aromatic carbocycles. The highest BCUT2D eigenvalue weighted by atomic mass is 32.2. The zero-order valence-corrected chi connectivity index (χ0v) is 27.3. The molecule has 0 radical (unpaired) electrons. The van der Waals surface area contributed by atoms with E-state index in [4.69, 9.17) is 4.74 Å². The molecule has 2 aromatic heterocycles. The van der Waals surface area contributed by atoms with Crippen LogP contribution in [-0.4, -0.2) is 52.5 Å². The Kier molecular flexibility index (Phi) is 8.18. The molecule has 0 bridgehead atoms. The molecule has 1 aliphatic heterocycles. The molecule has 3 atom stereocenters. The zero-order valence-electron chi connectivity index (χ0n) is 26.4. The van der Waals surface area contributed by atoms with Gasteiger partial charge in [-0.1, -0.05) is 44.2 Å². The molecule has 0 amide bonds. The summed E-state index contributed by atoms with van der Waals surface area (Å²) in [5.74, 6) is -0.278. The first-order valence-electron chi connectivity index (χ1n) is 15.6. The maximum absolute atomic E-state index is 14.0. The van der Waals surface area contributed by atoms with Crippen LogP contribution in [0, 0.1) is 18.7 Å². The van der Waals surface area contributed by atoms with E-state index in [1.54, 1.807) is 34.4 Å². The third-order valence-corrected chi connectivity index (χ3v) is 11.4. The highest BCUT2D eigenvalue weighted by Crippen LogP contribution is 2.60. The number of sulfonamides is 1. The molecular formula is C35H40FN5O3S. The van der Waals surface area contributed by atoms with Gasteiger partial charge in [-0.3, -0.25) is 4.68 Å². The van der Waals surface area contributed by atoms with Gasteiger partial charge in [-0.15, -0.1) is 0 Å². The number of rotatable bonds is 7. The monoisotopic (exact) mass is 629 g/mol. The Morgan fingerprint density at radius 2 is 1.76 bits per heavy atom. The van der Waals surface area contributed by atoms with E-state index in [0.29, 0.717) is 32.5 Å². The minimum atomic E-state index is -3.75. The normalized spacial score (nSPS) is 23.2. The lowest BCUT2D eigenvalue weighted by atomic mass is 9.72. The molecule has 1 saturated heterocycles. The number of fused-ring (bicyclic) bond motifs is 2. The van der Waals surface area contributed by atoms with Gasteiger partial charge in [0, 0.05) is 43.7 Å². The minimum absolute atomic E-state index is 0.0203. The molecule has 45 heavy (non-hydrogen) atoms. The summed E-state index contributed by atoms with van der Waals surface area (Å²) in [6.45, 7) is 9.35. The number of hydrogen-bond donors (Lipinski definition) is 0. The van der Waals surface area contributed by atoms with Crippen molar-refractivity contribution >= 4 is 20.9 Å². The number of halogens is 1. The number of ether oxygens (including phenoxy) is 1. The Hall–Kier alpha value is -3.86. The van der Waals surface area contributed by atoms with Crippen LogP contribution in [0.4, 0.5) is 4.39 Å². The lowest BCUT2D eigenvalue weighted by Crippen LogP contribution is -2.38. The molecule has 2 fully saturated rings. The van der Waals surface area contributed by atoms with Gasteiger partial charge >= 0.3 is 0 Å². The SMILES string of the molecule is CC.CCn1cc(S(=O)(=O)N2C[C@@H]3C[C@@](OC)(c4ccccc4)C[C@]3(c3cc4cnn(-c5ccc(F)cc5)c4cc3C)C2)cn1. The van der Waals surface area contributed by atoms with E-state index in [1.165, 1.54) is 18.3 Å². The molecule has 0 unspecified atom stereocenters. The first-order chi connectivity index (χ1) is 21.7. The summed E-state index contributed by atoms with van der Waals surface area (Å²) in [6, 6.07) is 20.8. The molecule has 1 aliphatic carbocycles. The molecular weight excluding hydrogens is 589 g/mol. The second-order valence-electron chi connectivity index (χ2n) is 11.9. The second-order valence-corrected chi connectivity index (χ2v) is 13.8. The Labute approximate surface area is 264 Å². The van der Waals surface area contributed by atoms with Gasteiger partial charge in [-0.25, -0.2) is 17.5 Å². The van der Waals surface area contributed by atoms with Crippen molar-refractivity contribution in [2.75, 3.05) is 20.2 Å². The highest BCUT2D eigenvalue weighted by molar-refractivity contribution is 7.89. The lowest BCUT2D eigenvalue weighted by Gasteiger charge is -2.35. The fraction of sp³-hybridized carbons (Fsp3) is 0.371. The predicted octanol–water partition coefficient (Wildman–Crippen LogP) is 6.61. The van der Waals surface area contributed by atoms with Gasteiger partial charge in [0.05, 0.1) is 29.2 Å². The van der Waals surface area contributed by atoms with Crippen LogP contribution in [0.5, 0.6) is 0 Å². The van der Waals surface area contributed by atoms with Crippen LogP contribution in [0.1, 0.15) is 50.3 Å². The largest absolute Gasteiger partial charge is 0.373 e. The van der Waals surface area contributed by atoms with Crippen LogP contribution in [0.25, 0.3) is 16.6 Å². The Balaban J connectivity index is 0.00000175. The number of nitrogens with zero attached hydrogens (tertiary/aromatic N) is 5. The van der Waals surface area contributed by atoms with Gasteiger partial charge in [-0.05, 0) is 85.7 Å². The molecule has 3 heterocycles. The highest BCUT2D eigenvalue weighted by Gasteiger charge is 2.62. The third kappa shape index (κ3) is 5.09. The molecule has 8 nitrogen and oxygen atoms in total. The summed E-state index contributed by atoms with van der Waals surface area (Å²) in [7, 11) is -1.99. The lowest BCUT2D eigenvalue weighted by molar-refractivity contribution is -0.0183. The van der Waals surface area contributed by atoms with Gasteiger partial charge in [0.2, 0.25) is 10.0 Å². The average Bonchev–Trinajstić information content (AvgIpc) is 3.84. The number of aromatic nitrogens is 4. The fourth-order valence-electron chi connectivity index (χ4n) is 7.49. The van der Waals surface area contributed by atoms with Crippen LogP contribution >= 0.6 is 0 Å². The molecule has 10 heteroatoms. The van der Waals surface area contributed by atoms with Crippen LogP contribution < -0.4 is 0 Å². The molecule has 5 aromatic rings. The molecule has 2 aliphatic rings. The van der Waals surface area contributed by atoms with E-state index in [-0.39, 0.29) is 16.6 Å². The van der Waals surface area contributed by atoms with E-state index < -0.39 is 21.0 Å². The summed E-state index contributed by atoms with van der Waals surface area (Å²) in [4.78, 5) is 0.221.